The Balaban J connectivity index is 1.26. The Morgan fingerprint density at radius 1 is 1.17 bits per heavy atom. The maximum atomic E-state index is 13.9. The van der Waals surface area contributed by atoms with Crippen LogP contribution < -0.4 is 10.6 Å². The number of pyridine rings is 2. The molecule has 1 atom stereocenters. The van der Waals surface area contributed by atoms with Crippen LogP contribution in [0.1, 0.15) is 48.2 Å². The molecule has 3 aromatic heterocycles. The number of hydrogen-bond acceptors (Lipinski definition) is 7. The van der Waals surface area contributed by atoms with Crippen LogP contribution in [0.3, 0.4) is 0 Å². The molecule has 10 nitrogen and oxygen atoms in total. The Labute approximate surface area is 196 Å². The molecule has 0 radical (unpaired) electrons. The average Bonchev–Trinajstić information content (AvgIpc) is 3.13. The first kappa shape index (κ1) is 22.7. The van der Waals surface area contributed by atoms with Crippen LogP contribution in [0.5, 0.6) is 0 Å². The number of rotatable bonds is 6. The summed E-state index contributed by atoms with van der Waals surface area (Å²) in [6.07, 6.45) is 0.977. The predicted octanol–water partition coefficient (Wildman–Crippen LogP) is 3.23. The van der Waals surface area contributed by atoms with E-state index < -0.39 is 35.2 Å². The lowest BCUT2D eigenvalue weighted by Gasteiger charge is -2.65. The summed E-state index contributed by atoms with van der Waals surface area (Å²) in [5.74, 6) is -1.94. The van der Waals surface area contributed by atoms with Gasteiger partial charge in [-0.15, -0.1) is 5.10 Å². The third-order valence-corrected chi connectivity index (χ3v) is 6.21. The Morgan fingerprint density at radius 3 is 2.57 bits per heavy atom. The van der Waals surface area contributed by atoms with Gasteiger partial charge >= 0.3 is 6.09 Å². The van der Waals surface area contributed by atoms with E-state index in [1.807, 2.05) is 0 Å². The second-order valence-corrected chi connectivity index (χ2v) is 8.96. The fraction of sp³-hybridized carbons (Fsp3) is 0.364. The lowest BCUT2D eigenvalue weighted by molar-refractivity contribution is -0.162. The molecule has 3 aromatic rings. The summed E-state index contributed by atoms with van der Waals surface area (Å²) < 4.78 is 47.3. The molecule has 0 unspecified atom stereocenters. The third-order valence-electron chi connectivity index (χ3n) is 6.21. The van der Waals surface area contributed by atoms with Gasteiger partial charge in [-0.05, 0) is 25.1 Å². The van der Waals surface area contributed by atoms with Crippen molar-refractivity contribution in [2.24, 2.45) is 7.05 Å². The van der Waals surface area contributed by atoms with Crippen molar-refractivity contribution in [3.63, 3.8) is 0 Å². The second-order valence-electron chi connectivity index (χ2n) is 8.96. The normalized spacial score (nSPS) is 23.0. The first-order valence-electron chi connectivity index (χ1n) is 10.7. The molecule has 3 heterocycles. The average molecular weight is 487 g/mol. The largest absolute Gasteiger partial charge is 0.441 e. The first-order valence-corrected chi connectivity index (χ1v) is 10.7. The highest BCUT2D eigenvalue weighted by atomic mass is 19.1. The van der Waals surface area contributed by atoms with Gasteiger partial charge in [0.2, 0.25) is 5.95 Å². The maximum Gasteiger partial charge on any atom is 0.413 e. The number of carbonyl (C=O) groups excluding carboxylic acids is 2. The first-order chi connectivity index (χ1) is 16.6. The Kier molecular flexibility index (Phi) is 5.22. The number of nitrogens with one attached hydrogen (secondary N) is 2. The van der Waals surface area contributed by atoms with E-state index in [0.29, 0.717) is 30.5 Å². The molecule has 6 rings (SSSR count). The molecule has 2 amide bonds. The van der Waals surface area contributed by atoms with Gasteiger partial charge in [0.25, 0.3) is 5.91 Å². The molecule has 3 aliphatic carbocycles. The van der Waals surface area contributed by atoms with Gasteiger partial charge in [0.1, 0.15) is 17.6 Å². The number of aromatic nitrogens is 5. The molecule has 0 saturated heterocycles. The minimum absolute atomic E-state index is 0.131. The Bertz CT molecular complexity index is 1310. The summed E-state index contributed by atoms with van der Waals surface area (Å²) in [6.45, 7) is 1.37. The van der Waals surface area contributed by atoms with E-state index >= 15 is 0 Å². The molecular formula is C22H20F3N7O3. The lowest BCUT2D eigenvalue weighted by atomic mass is 9.47. The van der Waals surface area contributed by atoms with Gasteiger partial charge in [-0.1, -0.05) is 5.21 Å². The standard InChI is InChI=1S/C22H20F3N7O3/c1-11(14-5-13(23)7-27-17(14)24)35-20(34)28-18-16(30-31-32(18)2)15-4-3-12(6-26-15)19(33)29-22-8-21(25,9-22)10-22/h3-7,11H,8-10H2,1-2H3,(H,28,34)(H,29,33)/t11-,21?,22?/m1/s1. The Morgan fingerprint density at radius 2 is 1.91 bits per heavy atom. The summed E-state index contributed by atoms with van der Waals surface area (Å²) >= 11 is 0. The highest BCUT2D eigenvalue weighted by Gasteiger charge is 2.69. The summed E-state index contributed by atoms with van der Waals surface area (Å²) in [5.41, 5.74) is -0.989. The Hall–Kier alpha value is -4.03. The topological polar surface area (TPSA) is 124 Å². The van der Waals surface area contributed by atoms with Gasteiger partial charge in [0, 0.05) is 38.0 Å². The van der Waals surface area contributed by atoms with Crippen LogP contribution in [0.25, 0.3) is 11.4 Å². The highest BCUT2D eigenvalue weighted by molar-refractivity contribution is 5.95. The maximum absolute atomic E-state index is 13.9. The number of nitrogens with zero attached hydrogens (tertiary/aromatic N) is 5. The van der Waals surface area contributed by atoms with Gasteiger partial charge < -0.3 is 10.1 Å². The second kappa shape index (κ2) is 8.03. The van der Waals surface area contributed by atoms with Crippen molar-refractivity contribution in [1.29, 1.82) is 0 Å². The van der Waals surface area contributed by atoms with Crippen molar-refractivity contribution in [2.45, 2.75) is 43.5 Å². The number of anilines is 1. The molecule has 13 heteroatoms. The van der Waals surface area contributed by atoms with Crippen LogP contribution in [0.4, 0.5) is 23.8 Å². The van der Waals surface area contributed by atoms with Crippen molar-refractivity contribution in [3.8, 4) is 11.4 Å². The van der Waals surface area contributed by atoms with Crippen LogP contribution >= 0.6 is 0 Å². The molecule has 35 heavy (non-hydrogen) atoms. The summed E-state index contributed by atoms with van der Waals surface area (Å²) in [4.78, 5) is 32.4. The van der Waals surface area contributed by atoms with E-state index in [9.17, 15) is 22.8 Å². The zero-order valence-electron chi connectivity index (χ0n) is 18.7. The zero-order chi connectivity index (χ0) is 25.0. The van der Waals surface area contributed by atoms with Crippen LogP contribution in [0.15, 0.2) is 30.6 Å². The van der Waals surface area contributed by atoms with E-state index in [0.717, 1.165) is 12.3 Å². The fourth-order valence-corrected chi connectivity index (χ4v) is 4.52. The van der Waals surface area contributed by atoms with E-state index in [4.69, 9.17) is 4.74 Å². The lowest BCUT2D eigenvalue weighted by Crippen LogP contribution is -2.76. The molecule has 3 fully saturated rings. The number of halogens is 3. The molecule has 3 aliphatic rings. The van der Waals surface area contributed by atoms with E-state index in [2.05, 4.69) is 30.9 Å². The van der Waals surface area contributed by atoms with Crippen molar-refractivity contribution >= 4 is 17.8 Å². The van der Waals surface area contributed by atoms with E-state index in [1.54, 1.807) is 0 Å². The number of alkyl halides is 1. The van der Waals surface area contributed by atoms with Gasteiger partial charge in [-0.25, -0.2) is 23.2 Å². The summed E-state index contributed by atoms with van der Waals surface area (Å²) in [5, 5.41) is 13.2. The third kappa shape index (κ3) is 4.17. The number of amides is 2. The smallest absolute Gasteiger partial charge is 0.413 e. The van der Waals surface area contributed by atoms with Crippen molar-refractivity contribution in [3.05, 3.63) is 53.5 Å². The molecule has 3 saturated carbocycles. The highest BCUT2D eigenvalue weighted by Crippen LogP contribution is 2.62. The van der Waals surface area contributed by atoms with Crippen LogP contribution in [0.2, 0.25) is 0 Å². The van der Waals surface area contributed by atoms with Gasteiger partial charge in [0.05, 0.1) is 23.0 Å². The molecule has 0 aromatic carbocycles. The van der Waals surface area contributed by atoms with E-state index in [-0.39, 0.29) is 23.0 Å². The minimum Gasteiger partial charge on any atom is -0.441 e. The summed E-state index contributed by atoms with van der Waals surface area (Å²) in [7, 11) is 1.52. The van der Waals surface area contributed by atoms with Gasteiger partial charge in [0.15, 0.2) is 11.5 Å². The zero-order valence-corrected chi connectivity index (χ0v) is 18.7. The molecular weight excluding hydrogens is 467 g/mol. The van der Waals surface area contributed by atoms with Crippen molar-refractivity contribution in [2.75, 3.05) is 5.32 Å². The van der Waals surface area contributed by atoms with Gasteiger partial charge in [-0.3, -0.25) is 15.1 Å². The predicted molar refractivity (Wildman–Crippen MR) is 115 cm³/mol. The minimum atomic E-state index is -1.13. The fourth-order valence-electron chi connectivity index (χ4n) is 4.52. The van der Waals surface area contributed by atoms with E-state index in [1.165, 1.54) is 37.0 Å². The van der Waals surface area contributed by atoms with Crippen LogP contribution in [-0.4, -0.2) is 48.2 Å². The molecule has 2 bridgehead atoms. The van der Waals surface area contributed by atoms with Crippen LogP contribution in [0, 0.1) is 11.8 Å². The number of hydrogen-bond donors (Lipinski definition) is 2. The number of aryl methyl sites for hydroxylation is 1. The van der Waals surface area contributed by atoms with Gasteiger partial charge in [-0.2, -0.15) is 4.39 Å². The SMILES string of the molecule is C[C@@H](OC(=O)Nc1c(-c2ccc(C(=O)NC34CC(F)(C3)C4)cn2)nnn1C)c1cc(F)cnc1F. The quantitative estimate of drug-likeness (QED) is 0.512. The molecule has 0 aliphatic heterocycles. The molecule has 2 N–H and O–H groups in total. The van der Waals surface area contributed by atoms with Crippen molar-refractivity contribution in [1.82, 2.24) is 30.3 Å². The number of carbonyl (C=O) groups is 2. The molecule has 0 spiro atoms. The number of ether oxygens (including phenoxy) is 1. The van der Waals surface area contributed by atoms with Crippen molar-refractivity contribution < 1.29 is 27.5 Å². The molecule has 182 valence electrons. The monoisotopic (exact) mass is 487 g/mol. The summed E-state index contributed by atoms with van der Waals surface area (Å²) in [6, 6.07) is 3.96. The van der Waals surface area contributed by atoms with Crippen LogP contribution in [-0.2, 0) is 11.8 Å².